The molecular weight excluding hydrogens is 506 g/mol. The molecule has 9 nitrogen and oxygen atoms in total. The minimum absolute atomic E-state index is 0.0245. The van der Waals surface area contributed by atoms with Crippen LogP contribution in [0.25, 0.3) is 10.9 Å². The summed E-state index contributed by atoms with van der Waals surface area (Å²) >= 11 is 0. The van der Waals surface area contributed by atoms with Crippen molar-refractivity contribution < 1.29 is 20.0 Å². The fourth-order valence-corrected chi connectivity index (χ4v) is 6.28. The molecule has 40 heavy (non-hydrogen) atoms. The van der Waals surface area contributed by atoms with E-state index in [0.717, 1.165) is 61.1 Å². The summed E-state index contributed by atoms with van der Waals surface area (Å²) in [7, 11) is 0. The van der Waals surface area contributed by atoms with Crippen molar-refractivity contribution in [2.45, 2.75) is 64.5 Å². The van der Waals surface area contributed by atoms with Gasteiger partial charge in [-0.1, -0.05) is 57.0 Å². The molecule has 2 amide bonds. The van der Waals surface area contributed by atoms with Crippen LogP contribution in [0.4, 0.5) is 5.69 Å². The van der Waals surface area contributed by atoms with Gasteiger partial charge in [0, 0.05) is 41.7 Å². The van der Waals surface area contributed by atoms with Gasteiger partial charge in [-0.15, -0.1) is 0 Å². The van der Waals surface area contributed by atoms with Gasteiger partial charge in [-0.25, -0.2) is 5.21 Å². The van der Waals surface area contributed by atoms with Crippen molar-refractivity contribution in [2.75, 3.05) is 32.7 Å². The first-order valence-electron chi connectivity index (χ1n) is 14.7. The fraction of sp³-hybridized carbons (Fsp3) is 0.484. The number of unbranched alkanes of at least 4 members (excludes halogenated alkanes) is 2. The van der Waals surface area contributed by atoms with Crippen LogP contribution >= 0.6 is 0 Å². The molecular formula is C31H41N5O4. The summed E-state index contributed by atoms with van der Waals surface area (Å²) in [6.45, 7) is 8.07. The van der Waals surface area contributed by atoms with E-state index in [1.807, 2.05) is 30.3 Å². The number of rotatable bonds is 12. The third-order valence-corrected chi connectivity index (χ3v) is 8.35. The summed E-state index contributed by atoms with van der Waals surface area (Å²) in [5.41, 5.74) is 3.68. The number of aromatic nitrogens is 1. The van der Waals surface area contributed by atoms with Gasteiger partial charge in [0.05, 0.1) is 12.6 Å². The molecule has 9 heteroatoms. The highest BCUT2D eigenvalue weighted by atomic mass is 16.8. The van der Waals surface area contributed by atoms with Gasteiger partial charge < -0.3 is 24.9 Å². The number of hydrogen-bond donors (Lipinski definition) is 3. The van der Waals surface area contributed by atoms with Gasteiger partial charge >= 0.3 is 0 Å². The zero-order valence-corrected chi connectivity index (χ0v) is 23.6. The van der Waals surface area contributed by atoms with Crippen LogP contribution in [-0.2, 0) is 16.0 Å². The maximum absolute atomic E-state index is 14.0. The maximum atomic E-state index is 14.0. The van der Waals surface area contributed by atoms with Crippen molar-refractivity contribution in [1.29, 1.82) is 0 Å². The highest BCUT2D eigenvalue weighted by Crippen LogP contribution is 2.42. The quantitative estimate of drug-likeness (QED) is 0.301. The van der Waals surface area contributed by atoms with Crippen molar-refractivity contribution >= 4 is 28.4 Å². The molecule has 2 aliphatic rings. The number of para-hydroxylation sites is 1. The molecule has 2 aliphatic heterocycles. The normalized spacial score (nSPS) is 19.8. The van der Waals surface area contributed by atoms with E-state index in [-0.39, 0.29) is 24.0 Å². The van der Waals surface area contributed by atoms with Gasteiger partial charge in [-0.3, -0.25) is 9.59 Å². The second-order valence-electron chi connectivity index (χ2n) is 11.1. The standard InChI is InChI=1S/C31H41N5O4/c1-3-5-15-33(16-6-4-2)17-10-18-34-21-28(37)35-27(31(34)38)20-25-24-13-7-8-14-26(24)32-29(25)30(35)22-11-9-12-23(19-22)36(39)40/h7-9,11-14,19,27,30,32,36,39H,3-6,10,15-18,20-21H2,1-2H3. The van der Waals surface area contributed by atoms with E-state index < -0.39 is 17.3 Å². The molecule has 1 fully saturated rings. The van der Waals surface area contributed by atoms with Crippen LogP contribution in [0.15, 0.2) is 48.5 Å². The van der Waals surface area contributed by atoms with E-state index in [9.17, 15) is 20.0 Å². The first-order valence-corrected chi connectivity index (χ1v) is 14.7. The van der Waals surface area contributed by atoms with Gasteiger partial charge in [-0.05, 0) is 56.1 Å². The summed E-state index contributed by atoms with van der Waals surface area (Å²) < 4.78 is 0. The van der Waals surface area contributed by atoms with Crippen molar-refractivity contribution in [3.8, 4) is 0 Å². The Morgan fingerprint density at radius 1 is 1.02 bits per heavy atom. The Morgan fingerprint density at radius 2 is 1.75 bits per heavy atom. The number of nitrogens with one attached hydrogen (secondary N) is 2. The molecule has 5 rings (SSSR count). The second-order valence-corrected chi connectivity index (χ2v) is 11.1. The smallest absolute Gasteiger partial charge is 0.246 e. The maximum Gasteiger partial charge on any atom is 0.246 e. The molecule has 0 aliphatic carbocycles. The zero-order valence-electron chi connectivity index (χ0n) is 23.6. The Labute approximate surface area is 235 Å². The first-order chi connectivity index (χ1) is 19.4. The average Bonchev–Trinajstić information content (AvgIpc) is 3.34. The molecule has 214 valence electrons. The van der Waals surface area contributed by atoms with Crippen LogP contribution in [0.1, 0.15) is 68.8 Å². The van der Waals surface area contributed by atoms with E-state index >= 15 is 0 Å². The minimum Gasteiger partial charge on any atom is -0.595 e. The Bertz CT molecular complexity index is 1330. The average molecular weight is 548 g/mol. The van der Waals surface area contributed by atoms with E-state index in [2.05, 4.69) is 23.7 Å². The predicted octanol–water partition coefficient (Wildman–Crippen LogP) is 3.55. The Hall–Kier alpha value is -3.24. The summed E-state index contributed by atoms with van der Waals surface area (Å²) in [5, 5.41) is 21.4. The summed E-state index contributed by atoms with van der Waals surface area (Å²) in [5.74, 6) is -0.128. The molecule has 3 N–H and O–H groups in total. The summed E-state index contributed by atoms with van der Waals surface area (Å²) in [6, 6.07) is 13.5. The lowest BCUT2D eigenvalue weighted by Gasteiger charge is -2.47. The molecule has 0 radical (unpaired) electrons. The molecule has 0 bridgehead atoms. The minimum atomic E-state index is -1.02. The number of carbonyl (C=O) groups is 2. The number of aromatic amines is 1. The Balaban J connectivity index is 1.42. The second kappa shape index (κ2) is 12.5. The lowest BCUT2D eigenvalue weighted by molar-refractivity contribution is -0.991. The number of quaternary nitrogens is 1. The number of benzene rings is 2. The van der Waals surface area contributed by atoms with Crippen LogP contribution in [0.3, 0.4) is 0 Å². The number of amides is 2. The van der Waals surface area contributed by atoms with Gasteiger partial charge in [-0.2, -0.15) is 5.23 Å². The highest BCUT2D eigenvalue weighted by Gasteiger charge is 2.48. The van der Waals surface area contributed by atoms with E-state index in [1.54, 1.807) is 28.0 Å². The number of piperazine rings is 1. The van der Waals surface area contributed by atoms with Crippen LogP contribution in [-0.4, -0.2) is 75.5 Å². The molecule has 0 saturated carbocycles. The van der Waals surface area contributed by atoms with Gasteiger partial charge in [0.1, 0.15) is 6.04 Å². The van der Waals surface area contributed by atoms with E-state index in [4.69, 9.17) is 0 Å². The van der Waals surface area contributed by atoms with Gasteiger partial charge in [0.25, 0.3) is 0 Å². The van der Waals surface area contributed by atoms with E-state index in [1.165, 1.54) is 12.8 Å². The van der Waals surface area contributed by atoms with Gasteiger partial charge in [0.15, 0.2) is 5.69 Å². The number of hydrogen-bond acceptors (Lipinski definition) is 5. The molecule has 0 spiro atoms. The molecule has 2 aromatic carbocycles. The highest BCUT2D eigenvalue weighted by molar-refractivity contribution is 5.97. The molecule has 3 unspecified atom stereocenters. The van der Waals surface area contributed by atoms with Crippen LogP contribution in [0.2, 0.25) is 0 Å². The zero-order chi connectivity index (χ0) is 28.2. The van der Waals surface area contributed by atoms with Crippen molar-refractivity contribution in [3.05, 3.63) is 70.6 Å². The lowest BCUT2D eigenvalue weighted by Crippen LogP contribution is -2.99. The molecule has 3 atom stereocenters. The molecule has 3 aromatic rings. The van der Waals surface area contributed by atoms with Crippen LogP contribution in [0, 0.1) is 5.21 Å². The Morgan fingerprint density at radius 3 is 2.48 bits per heavy atom. The first kappa shape index (κ1) is 28.3. The lowest BCUT2D eigenvalue weighted by atomic mass is 9.86. The predicted molar refractivity (Wildman–Crippen MR) is 154 cm³/mol. The Kier molecular flexibility index (Phi) is 8.85. The largest absolute Gasteiger partial charge is 0.595 e. The van der Waals surface area contributed by atoms with Crippen LogP contribution < -0.4 is 5.23 Å². The van der Waals surface area contributed by atoms with Crippen molar-refractivity contribution in [2.24, 2.45) is 0 Å². The third-order valence-electron chi connectivity index (χ3n) is 8.35. The van der Waals surface area contributed by atoms with E-state index in [0.29, 0.717) is 18.5 Å². The number of carbonyl (C=O) groups excluding carboxylic acids is 2. The third kappa shape index (κ3) is 5.65. The monoisotopic (exact) mass is 547 g/mol. The van der Waals surface area contributed by atoms with Crippen molar-refractivity contribution in [3.63, 3.8) is 0 Å². The van der Waals surface area contributed by atoms with Gasteiger partial charge in [0.2, 0.25) is 11.8 Å². The fourth-order valence-electron chi connectivity index (χ4n) is 6.28. The molecule has 1 aromatic heterocycles. The number of nitrogens with zero attached hydrogens (tertiary/aromatic N) is 3. The summed E-state index contributed by atoms with van der Waals surface area (Å²) in [4.78, 5) is 37.2. The SMILES string of the molecule is CCCCN(CCCC)CCCN1CC(=O)N2C(Cc3c([nH]c4ccccc34)C2c2cccc([NH+]([O-])O)c2)C1=O. The number of fused-ring (bicyclic) bond motifs is 4. The van der Waals surface area contributed by atoms with Crippen LogP contribution in [0.5, 0.6) is 0 Å². The topological polar surface area (TPSA) is 107 Å². The number of H-pyrrole nitrogens is 1. The molecule has 3 heterocycles. The summed E-state index contributed by atoms with van der Waals surface area (Å²) in [6.07, 6.45) is 5.92. The molecule has 1 saturated heterocycles. The van der Waals surface area contributed by atoms with Crippen molar-refractivity contribution in [1.82, 2.24) is 19.7 Å².